The quantitative estimate of drug-likeness (QED) is 0.657. The van der Waals surface area contributed by atoms with E-state index < -0.39 is 0 Å². The minimum Gasteiger partial charge on any atom is -0.351 e. The molecule has 0 aliphatic heterocycles. The maximum atomic E-state index is 12.2. The number of pyridine rings is 1. The van der Waals surface area contributed by atoms with Crippen molar-refractivity contribution < 1.29 is 4.79 Å². The van der Waals surface area contributed by atoms with Gasteiger partial charge in [0.1, 0.15) is 5.69 Å². The maximum absolute atomic E-state index is 12.2. The molecule has 25 heavy (non-hydrogen) atoms. The summed E-state index contributed by atoms with van der Waals surface area (Å²) in [6, 6.07) is 14.4. The predicted octanol–water partition coefficient (Wildman–Crippen LogP) is 4.20. The fraction of sp³-hybridized carbons (Fsp3) is 0.158. The highest BCUT2D eigenvalue weighted by Crippen LogP contribution is 2.23. The third-order valence-electron chi connectivity index (χ3n) is 3.91. The number of aromatic nitrogens is 1. The van der Waals surface area contributed by atoms with E-state index in [0.717, 1.165) is 23.8 Å². The number of benzene rings is 2. The number of hydrogen-bond acceptors (Lipinski definition) is 2. The summed E-state index contributed by atoms with van der Waals surface area (Å²) in [5.74, 6) is -0.294. The summed E-state index contributed by atoms with van der Waals surface area (Å²) in [6.07, 6.45) is 1.52. The summed E-state index contributed by atoms with van der Waals surface area (Å²) in [5.41, 5.74) is 1.06. The lowest BCUT2D eigenvalue weighted by molar-refractivity contribution is 0.0948. The molecule has 0 atom stereocenters. The van der Waals surface area contributed by atoms with Crippen molar-refractivity contribution in [1.82, 2.24) is 10.3 Å². The van der Waals surface area contributed by atoms with Crippen molar-refractivity contribution in [2.24, 2.45) is 0 Å². The SMILES string of the molecule is O=C(NCCCc1ccc(Cl)c(Cl)c1)c1cc2ccccc2c(=O)[nH]1. The van der Waals surface area contributed by atoms with Crippen LogP contribution in [-0.2, 0) is 6.42 Å². The first-order valence-electron chi connectivity index (χ1n) is 7.89. The van der Waals surface area contributed by atoms with Crippen LogP contribution in [-0.4, -0.2) is 17.4 Å². The van der Waals surface area contributed by atoms with Gasteiger partial charge < -0.3 is 10.3 Å². The van der Waals surface area contributed by atoms with Crippen LogP contribution in [0.3, 0.4) is 0 Å². The Kier molecular flexibility index (Phi) is 5.41. The van der Waals surface area contributed by atoms with E-state index in [1.165, 1.54) is 0 Å². The second kappa shape index (κ2) is 7.72. The number of amides is 1. The van der Waals surface area contributed by atoms with Crippen LogP contribution < -0.4 is 10.9 Å². The molecule has 0 aliphatic rings. The maximum Gasteiger partial charge on any atom is 0.267 e. The Morgan fingerprint density at radius 1 is 1.04 bits per heavy atom. The standard InChI is InChI=1S/C19H16Cl2N2O2/c20-15-8-7-12(10-16(15)21)4-3-9-22-19(25)17-11-13-5-1-2-6-14(13)18(24)23-17/h1-2,5-8,10-11H,3-4,9H2,(H,22,25)(H,23,24). The van der Waals surface area contributed by atoms with E-state index in [4.69, 9.17) is 23.2 Å². The molecule has 1 aromatic heterocycles. The monoisotopic (exact) mass is 374 g/mol. The smallest absolute Gasteiger partial charge is 0.267 e. The van der Waals surface area contributed by atoms with Crippen molar-refractivity contribution in [3.05, 3.63) is 80.2 Å². The molecular formula is C19H16Cl2N2O2. The van der Waals surface area contributed by atoms with Crippen molar-refractivity contribution in [2.75, 3.05) is 6.54 Å². The number of nitrogens with one attached hydrogen (secondary N) is 2. The Hall–Kier alpha value is -2.30. The Morgan fingerprint density at radius 3 is 2.64 bits per heavy atom. The lowest BCUT2D eigenvalue weighted by Gasteiger charge is -2.07. The van der Waals surface area contributed by atoms with Gasteiger partial charge >= 0.3 is 0 Å². The highest BCUT2D eigenvalue weighted by Gasteiger charge is 2.09. The van der Waals surface area contributed by atoms with Gasteiger partial charge in [0.2, 0.25) is 0 Å². The second-order valence-corrected chi connectivity index (χ2v) is 6.52. The zero-order valence-electron chi connectivity index (χ0n) is 13.3. The van der Waals surface area contributed by atoms with Gasteiger partial charge in [-0.25, -0.2) is 0 Å². The number of carbonyl (C=O) groups is 1. The van der Waals surface area contributed by atoms with Gasteiger partial charge in [0.05, 0.1) is 10.0 Å². The number of halogens is 2. The van der Waals surface area contributed by atoms with Crippen LogP contribution in [0.15, 0.2) is 53.3 Å². The van der Waals surface area contributed by atoms with E-state index in [-0.39, 0.29) is 17.2 Å². The Balaban J connectivity index is 1.59. The molecule has 0 bridgehead atoms. The molecular weight excluding hydrogens is 359 g/mol. The van der Waals surface area contributed by atoms with Gasteiger partial charge in [0.15, 0.2) is 0 Å². The molecule has 0 fully saturated rings. The lowest BCUT2D eigenvalue weighted by Crippen LogP contribution is -2.27. The molecule has 128 valence electrons. The van der Waals surface area contributed by atoms with Crippen LogP contribution in [0.25, 0.3) is 10.8 Å². The average molecular weight is 375 g/mol. The van der Waals surface area contributed by atoms with Crippen molar-refractivity contribution >= 4 is 39.9 Å². The molecule has 6 heteroatoms. The summed E-state index contributed by atoms with van der Waals surface area (Å²) in [6.45, 7) is 0.494. The van der Waals surface area contributed by atoms with Gasteiger partial charge in [-0.2, -0.15) is 0 Å². The molecule has 0 saturated heterocycles. The fourth-order valence-corrected chi connectivity index (χ4v) is 2.94. The van der Waals surface area contributed by atoms with E-state index in [2.05, 4.69) is 10.3 Å². The fourth-order valence-electron chi connectivity index (χ4n) is 2.62. The Labute approximate surface area is 154 Å². The minimum absolute atomic E-state index is 0.262. The van der Waals surface area contributed by atoms with Crippen LogP contribution in [0, 0.1) is 0 Å². The largest absolute Gasteiger partial charge is 0.351 e. The van der Waals surface area contributed by atoms with E-state index in [0.29, 0.717) is 22.0 Å². The van der Waals surface area contributed by atoms with Gasteiger partial charge in [-0.15, -0.1) is 0 Å². The first-order valence-corrected chi connectivity index (χ1v) is 8.64. The molecule has 1 heterocycles. The van der Waals surface area contributed by atoms with Crippen molar-refractivity contribution in [3.63, 3.8) is 0 Å². The van der Waals surface area contributed by atoms with Crippen LogP contribution in [0.2, 0.25) is 10.0 Å². The number of carbonyl (C=O) groups excluding carboxylic acids is 1. The molecule has 1 amide bonds. The third-order valence-corrected chi connectivity index (χ3v) is 4.65. The Bertz CT molecular complexity index is 983. The topological polar surface area (TPSA) is 62.0 Å². The number of aryl methyl sites for hydroxylation is 1. The van der Waals surface area contributed by atoms with Crippen molar-refractivity contribution in [2.45, 2.75) is 12.8 Å². The number of fused-ring (bicyclic) bond motifs is 1. The van der Waals surface area contributed by atoms with Crippen molar-refractivity contribution in [3.8, 4) is 0 Å². The highest BCUT2D eigenvalue weighted by molar-refractivity contribution is 6.42. The molecule has 0 saturated carbocycles. The molecule has 2 N–H and O–H groups in total. The molecule has 0 spiro atoms. The summed E-state index contributed by atoms with van der Waals surface area (Å²) < 4.78 is 0. The number of rotatable bonds is 5. The van der Waals surface area contributed by atoms with E-state index in [1.54, 1.807) is 24.3 Å². The minimum atomic E-state index is -0.294. The summed E-state index contributed by atoms with van der Waals surface area (Å²) in [7, 11) is 0. The molecule has 2 aromatic carbocycles. The van der Waals surface area contributed by atoms with Gasteiger partial charge in [0.25, 0.3) is 11.5 Å². The predicted molar refractivity (Wildman–Crippen MR) is 102 cm³/mol. The second-order valence-electron chi connectivity index (χ2n) is 5.71. The van der Waals surface area contributed by atoms with Crippen LogP contribution in [0.1, 0.15) is 22.5 Å². The normalized spacial score (nSPS) is 10.8. The van der Waals surface area contributed by atoms with Gasteiger partial charge in [-0.05, 0) is 48.1 Å². The zero-order chi connectivity index (χ0) is 17.8. The number of hydrogen-bond donors (Lipinski definition) is 2. The lowest BCUT2D eigenvalue weighted by atomic mass is 10.1. The molecule has 4 nitrogen and oxygen atoms in total. The molecule has 0 unspecified atom stereocenters. The van der Waals surface area contributed by atoms with E-state index in [9.17, 15) is 9.59 Å². The molecule has 3 rings (SSSR count). The third kappa shape index (κ3) is 4.21. The highest BCUT2D eigenvalue weighted by atomic mass is 35.5. The van der Waals surface area contributed by atoms with Crippen molar-refractivity contribution in [1.29, 1.82) is 0 Å². The average Bonchev–Trinajstić information content (AvgIpc) is 2.61. The number of aromatic amines is 1. The van der Waals surface area contributed by atoms with Crippen LogP contribution in [0.4, 0.5) is 0 Å². The molecule has 3 aromatic rings. The molecule has 0 aliphatic carbocycles. The van der Waals surface area contributed by atoms with Crippen LogP contribution in [0.5, 0.6) is 0 Å². The molecule has 0 radical (unpaired) electrons. The van der Waals surface area contributed by atoms with Gasteiger partial charge in [-0.1, -0.05) is 47.5 Å². The van der Waals surface area contributed by atoms with Gasteiger partial charge in [-0.3, -0.25) is 9.59 Å². The van der Waals surface area contributed by atoms with E-state index in [1.807, 2.05) is 24.3 Å². The number of H-pyrrole nitrogens is 1. The Morgan fingerprint density at radius 2 is 1.84 bits per heavy atom. The summed E-state index contributed by atoms with van der Waals surface area (Å²) >= 11 is 11.9. The van der Waals surface area contributed by atoms with E-state index >= 15 is 0 Å². The first kappa shape index (κ1) is 17.5. The summed E-state index contributed by atoms with van der Waals surface area (Å²) in [4.78, 5) is 26.9. The zero-order valence-corrected chi connectivity index (χ0v) is 14.8. The first-order chi connectivity index (χ1) is 12.0. The van der Waals surface area contributed by atoms with Crippen LogP contribution >= 0.6 is 23.2 Å². The van der Waals surface area contributed by atoms with Gasteiger partial charge in [0, 0.05) is 11.9 Å². The summed E-state index contributed by atoms with van der Waals surface area (Å²) in [5, 5.41) is 5.18.